The van der Waals surface area contributed by atoms with Crippen molar-refractivity contribution in [2.24, 2.45) is 0 Å². The zero-order valence-electron chi connectivity index (χ0n) is 14.2. The number of rotatable bonds is 7. The van der Waals surface area contributed by atoms with Crippen LogP contribution in [0.3, 0.4) is 0 Å². The first-order valence-electron chi connectivity index (χ1n) is 7.92. The van der Waals surface area contributed by atoms with E-state index in [1.807, 2.05) is 43.3 Å². The van der Waals surface area contributed by atoms with Crippen LogP contribution in [0.5, 0.6) is 0 Å². The first-order chi connectivity index (χ1) is 11.4. The molecule has 0 saturated heterocycles. The lowest BCUT2D eigenvalue weighted by molar-refractivity contribution is -0.0446. The molecular weight excluding hydrogens is 304 g/mol. The van der Waals surface area contributed by atoms with Crippen LogP contribution in [0.25, 0.3) is 0 Å². The lowest BCUT2D eigenvalue weighted by Gasteiger charge is -2.20. The first kappa shape index (κ1) is 17.9. The number of nitrogens with zero attached hydrogens (tertiary/aromatic N) is 1. The first-order valence-corrected chi connectivity index (χ1v) is 7.92. The summed E-state index contributed by atoms with van der Waals surface area (Å²) in [5.74, 6) is 0. The fourth-order valence-corrected chi connectivity index (χ4v) is 2.70. The van der Waals surface area contributed by atoms with Gasteiger partial charge in [0.2, 0.25) is 0 Å². The zero-order valence-corrected chi connectivity index (χ0v) is 14.2. The number of hydrogen-bond acceptors (Lipinski definition) is 6. The third-order valence-electron chi connectivity index (χ3n) is 4.00. The highest BCUT2D eigenvalue weighted by atomic mass is 16.5. The molecule has 0 amide bonds. The molecule has 0 atom stereocenters. The normalized spacial score (nSPS) is 10.9. The summed E-state index contributed by atoms with van der Waals surface area (Å²) >= 11 is 0. The van der Waals surface area contributed by atoms with E-state index in [0.717, 1.165) is 22.5 Å². The number of nitrogens with two attached hydrogens (primary N) is 2. The maximum absolute atomic E-state index is 9.13. The maximum atomic E-state index is 9.13. The van der Waals surface area contributed by atoms with Crippen molar-refractivity contribution in [3.63, 3.8) is 0 Å². The Morgan fingerprint density at radius 2 is 1.62 bits per heavy atom. The van der Waals surface area contributed by atoms with Crippen LogP contribution in [-0.4, -0.2) is 30.6 Å². The maximum Gasteiger partial charge on any atom is 0.151 e. The molecule has 0 unspecified atom stereocenters. The quantitative estimate of drug-likeness (QED) is 0.391. The van der Waals surface area contributed by atoms with Gasteiger partial charge < -0.3 is 31.9 Å². The van der Waals surface area contributed by atoms with Crippen molar-refractivity contribution in [3.05, 3.63) is 47.5 Å². The molecule has 2 aromatic rings. The van der Waals surface area contributed by atoms with Crippen molar-refractivity contribution in [2.45, 2.75) is 25.7 Å². The third kappa shape index (κ3) is 4.31. The second kappa shape index (κ2) is 7.90. The van der Waals surface area contributed by atoms with Crippen LogP contribution in [0.1, 0.15) is 17.5 Å². The van der Waals surface area contributed by atoms with E-state index in [0.29, 0.717) is 24.3 Å². The Balaban J connectivity index is 2.25. The van der Waals surface area contributed by atoms with Gasteiger partial charge in [0.25, 0.3) is 0 Å². The van der Waals surface area contributed by atoms with Crippen molar-refractivity contribution in [2.75, 3.05) is 35.8 Å². The van der Waals surface area contributed by atoms with Crippen molar-refractivity contribution in [3.8, 4) is 0 Å². The molecule has 0 aliphatic carbocycles. The minimum absolute atomic E-state index is 0.217. The number of aliphatic hydroxyl groups is 2. The number of nitrogens with one attached hydrogen (secondary N) is 1. The number of para-hydroxylation sites is 2. The SMILES string of the molecule is CN(C)c1ccccc1NCc1c(N)ccc(N)c1CCC(O)O. The van der Waals surface area contributed by atoms with E-state index in [1.54, 1.807) is 12.1 Å². The van der Waals surface area contributed by atoms with Crippen LogP contribution in [0.4, 0.5) is 22.7 Å². The second-order valence-corrected chi connectivity index (χ2v) is 5.99. The van der Waals surface area contributed by atoms with Gasteiger partial charge in [0, 0.05) is 38.4 Å². The molecule has 0 aromatic heterocycles. The number of anilines is 4. The highest BCUT2D eigenvalue weighted by Crippen LogP contribution is 2.28. The predicted molar refractivity (Wildman–Crippen MR) is 99.9 cm³/mol. The highest BCUT2D eigenvalue weighted by molar-refractivity contribution is 5.70. The van der Waals surface area contributed by atoms with Gasteiger partial charge in [0.15, 0.2) is 6.29 Å². The number of nitrogen functional groups attached to an aromatic ring is 2. The lowest BCUT2D eigenvalue weighted by Crippen LogP contribution is -2.14. The van der Waals surface area contributed by atoms with Gasteiger partial charge in [0.05, 0.1) is 11.4 Å². The van der Waals surface area contributed by atoms with Crippen LogP contribution in [-0.2, 0) is 13.0 Å². The molecule has 2 rings (SSSR count). The highest BCUT2D eigenvalue weighted by Gasteiger charge is 2.13. The molecule has 0 bridgehead atoms. The van der Waals surface area contributed by atoms with E-state index in [1.165, 1.54) is 0 Å². The summed E-state index contributed by atoms with van der Waals surface area (Å²) in [6.45, 7) is 0.512. The van der Waals surface area contributed by atoms with Crippen LogP contribution < -0.4 is 21.7 Å². The van der Waals surface area contributed by atoms with Crippen molar-refractivity contribution >= 4 is 22.7 Å². The van der Waals surface area contributed by atoms with Crippen molar-refractivity contribution in [1.29, 1.82) is 0 Å². The summed E-state index contributed by atoms with van der Waals surface area (Å²) in [5.41, 5.74) is 17.3. The second-order valence-electron chi connectivity index (χ2n) is 5.99. The number of aliphatic hydroxyl groups excluding tert-OH is 1. The largest absolute Gasteiger partial charge is 0.398 e. The van der Waals surface area contributed by atoms with E-state index in [-0.39, 0.29) is 6.42 Å². The molecule has 0 spiro atoms. The molecule has 0 saturated carbocycles. The molecule has 7 N–H and O–H groups in total. The van der Waals surface area contributed by atoms with Gasteiger partial charge in [0.1, 0.15) is 0 Å². The van der Waals surface area contributed by atoms with Crippen molar-refractivity contribution in [1.82, 2.24) is 0 Å². The molecule has 2 aromatic carbocycles. The zero-order chi connectivity index (χ0) is 17.7. The van der Waals surface area contributed by atoms with E-state index in [9.17, 15) is 0 Å². The van der Waals surface area contributed by atoms with Crippen molar-refractivity contribution < 1.29 is 10.2 Å². The summed E-state index contributed by atoms with van der Waals surface area (Å²) in [6.07, 6.45) is -0.684. The number of benzene rings is 2. The van der Waals surface area contributed by atoms with E-state index >= 15 is 0 Å². The van der Waals surface area contributed by atoms with Gasteiger partial charge in [-0.3, -0.25) is 0 Å². The minimum Gasteiger partial charge on any atom is -0.398 e. The average Bonchev–Trinajstić information content (AvgIpc) is 2.54. The molecule has 6 heteroatoms. The van der Waals surface area contributed by atoms with E-state index in [2.05, 4.69) is 5.32 Å². The predicted octanol–water partition coefficient (Wildman–Crippen LogP) is 1.77. The van der Waals surface area contributed by atoms with Crippen LogP contribution in [0.2, 0.25) is 0 Å². The van der Waals surface area contributed by atoms with Gasteiger partial charge >= 0.3 is 0 Å². The topological polar surface area (TPSA) is 108 Å². The molecule has 130 valence electrons. The summed E-state index contributed by atoms with van der Waals surface area (Å²) in [4.78, 5) is 2.04. The van der Waals surface area contributed by atoms with Crippen LogP contribution in [0, 0.1) is 0 Å². The molecule has 0 aliphatic heterocycles. The summed E-state index contributed by atoms with van der Waals surface area (Å²) < 4.78 is 0. The molecule has 0 radical (unpaired) electrons. The Morgan fingerprint density at radius 1 is 1.00 bits per heavy atom. The summed E-state index contributed by atoms with van der Waals surface area (Å²) in [6, 6.07) is 11.5. The standard InChI is InChI=1S/C18H26N4O2/c1-22(2)17-6-4-3-5-16(17)21-11-13-12(7-10-18(23)24)14(19)8-9-15(13)20/h3-6,8-9,18,21,23-24H,7,10-11,19-20H2,1-2H3. The Bertz CT molecular complexity index is 687. The smallest absolute Gasteiger partial charge is 0.151 e. The van der Waals surface area contributed by atoms with Gasteiger partial charge in [-0.2, -0.15) is 0 Å². The van der Waals surface area contributed by atoms with Crippen LogP contribution >= 0.6 is 0 Å². The van der Waals surface area contributed by atoms with Gasteiger partial charge in [-0.25, -0.2) is 0 Å². The number of hydrogen-bond donors (Lipinski definition) is 5. The summed E-state index contributed by atoms with van der Waals surface area (Å²) in [7, 11) is 3.98. The van der Waals surface area contributed by atoms with E-state index in [4.69, 9.17) is 21.7 Å². The summed E-state index contributed by atoms with van der Waals surface area (Å²) in [5, 5.41) is 21.7. The van der Waals surface area contributed by atoms with E-state index < -0.39 is 6.29 Å². The fraction of sp³-hybridized carbons (Fsp3) is 0.333. The monoisotopic (exact) mass is 330 g/mol. The molecule has 0 aliphatic rings. The molecule has 0 fully saturated rings. The average molecular weight is 330 g/mol. The third-order valence-corrected chi connectivity index (χ3v) is 4.00. The van der Waals surface area contributed by atoms with Gasteiger partial charge in [-0.1, -0.05) is 12.1 Å². The van der Waals surface area contributed by atoms with Crippen LogP contribution in [0.15, 0.2) is 36.4 Å². The Hall–Kier alpha value is -2.44. The molecular formula is C18H26N4O2. The fourth-order valence-electron chi connectivity index (χ4n) is 2.70. The van der Waals surface area contributed by atoms with Gasteiger partial charge in [-0.15, -0.1) is 0 Å². The molecule has 24 heavy (non-hydrogen) atoms. The lowest BCUT2D eigenvalue weighted by atomic mass is 9.98. The molecule has 0 heterocycles. The molecule has 6 nitrogen and oxygen atoms in total. The Morgan fingerprint density at radius 3 is 2.25 bits per heavy atom. The Labute approximate surface area is 142 Å². The van der Waals surface area contributed by atoms with Gasteiger partial charge in [-0.05, 0) is 41.8 Å². The Kier molecular flexibility index (Phi) is 5.89. The minimum atomic E-state index is -1.36.